The summed E-state index contributed by atoms with van der Waals surface area (Å²) in [7, 11) is 0. The maximum atomic E-state index is 12.7. The standard InChI is InChI=1S/C22H19BrN6O/c23-16-11-26-21-19(18(12-27-21)28-22(30)14-4-3-7-24-10-14)20(16)29-9-6-15(13-29)17-5-1-2-8-25-17/h1-5,7-8,10-12,15H,6,9,13H2,(H,26,27)(H,28,30). The van der Waals surface area contributed by atoms with Gasteiger partial charge < -0.3 is 15.2 Å². The molecule has 30 heavy (non-hydrogen) atoms. The fourth-order valence-electron chi connectivity index (χ4n) is 3.98. The van der Waals surface area contributed by atoms with Crippen molar-refractivity contribution in [1.29, 1.82) is 0 Å². The van der Waals surface area contributed by atoms with Crippen molar-refractivity contribution in [1.82, 2.24) is 19.9 Å². The van der Waals surface area contributed by atoms with Crippen LogP contribution in [0.5, 0.6) is 0 Å². The Morgan fingerprint density at radius 1 is 1.17 bits per heavy atom. The van der Waals surface area contributed by atoms with Crippen LogP contribution in [0.3, 0.4) is 0 Å². The minimum absolute atomic E-state index is 0.206. The van der Waals surface area contributed by atoms with Crippen LogP contribution in [-0.2, 0) is 0 Å². The molecule has 1 saturated heterocycles. The summed E-state index contributed by atoms with van der Waals surface area (Å²) in [5.74, 6) is 0.163. The third-order valence-corrected chi connectivity index (χ3v) is 5.99. The van der Waals surface area contributed by atoms with Crippen molar-refractivity contribution in [2.75, 3.05) is 23.3 Å². The van der Waals surface area contributed by atoms with Gasteiger partial charge in [0.25, 0.3) is 5.91 Å². The molecule has 0 aliphatic carbocycles. The van der Waals surface area contributed by atoms with Crippen molar-refractivity contribution >= 4 is 44.2 Å². The number of carbonyl (C=O) groups is 1. The number of aromatic nitrogens is 4. The first kappa shape index (κ1) is 18.7. The Kier molecular flexibility index (Phi) is 4.92. The van der Waals surface area contributed by atoms with Crippen molar-refractivity contribution in [3.8, 4) is 0 Å². The molecular formula is C22H19BrN6O. The van der Waals surface area contributed by atoms with E-state index in [1.54, 1.807) is 36.9 Å². The molecule has 0 saturated carbocycles. The molecule has 0 bridgehead atoms. The number of halogens is 1. The van der Waals surface area contributed by atoms with Crippen LogP contribution >= 0.6 is 15.9 Å². The number of rotatable bonds is 4. The number of nitrogens with one attached hydrogen (secondary N) is 2. The molecule has 1 aliphatic heterocycles. The summed E-state index contributed by atoms with van der Waals surface area (Å²) >= 11 is 3.68. The summed E-state index contributed by atoms with van der Waals surface area (Å²) in [5.41, 5.74) is 4.08. The lowest BCUT2D eigenvalue weighted by atomic mass is 10.0. The molecule has 0 spiro atoms. The Morgan fingerprint density at radius 2 is 2.10 bits per heavy atom. The van der Waals surface area contributed by atoms with E-state index in [-0.39, 0.29) is 5.91 Å². The molecule has 4 aromatic rings. The molecule has 1 aliphatic rings. The molecule has 5 rings (SSSR count). The van der Waals surface area contributed by atoms with Crippen LogP contribution in [0.15, 0.2) is 65.8 Å². The maximum Gasteiger partial charge on any atom is 0.257 e. The zero-order valence-corrected chi connectivity index (χ0v) is 17.6. The van der Waals surface area contributed by atoms with E-state index in [0.29, 0.717) is 17.2 Å². The molecular weight excluding hydrogens is 444 g/mol. The fraction of sp³-hybridized carbons (Fsp3) is 0.182. The molecule has 1 fully saturated rings. The summed E-state index contributed by atoms with van der Waals surface area (Å²) in [4.78, 5) is 31.2. The number of amides is 1. The first-order chi connectivity index (χ1) is 14.7. The first-order valence-corrected chi connectivity index (χ1v) is 10.5. The van der Waals surface area contributed by atoms with E-state index < -0.39 is 0 Å². The quantitative estimate of drug-likeness (QED) is 0.470. The molecule has 0 aromatic carbocycles. The summed E-state index contributed by atoms with van der Waals surface area (Å²) in [6.07, 6.45) is 9.65. The van der Waals surface area contributed by atoms with E-state index in [0.717, 1.165) is 46.4 Å². The number of anilines is 2. The van der Waals surface area contributed by atoms with Crippen molar-refractivity contribution in [3.63, 3.8) is 0 Å². The van der Waals surface area contributed by atoms with E-state index in [9.17, 15) is 4.79 Å². The Morgan fingerprint density at radius 3 is 2.90 bits per heavy atom. The topological polar surface area (TPSA) is 86.8 Å². The molecule has 150 valence electrons. The number of pyridine rings is 3. The number of nitrogens with zero attached hydrogens (tertiary/aromatic N) is 4. The molecule has 5 heterocycles. The van der Waals surface area contributed by atoms with Crippen molar-refractivity contribution in [3.05, 3.63) is 77.0 Å². The predicted octanol–water partition coefficient (Wildman–Crippen LogP) is 4.36. The van der Waals surface area contributed by atoms with Gasteiger partial charge in [0.1, 0.15) is 5.65 Å². The van der Waals surface area contributed by atoms with Gasteiger partial charge in [-0.2, -0.15) is 0 Å². The van der Waals surface area contributed by atoms with E-state index in [1.165, 1.54) is 0 Å². The van der Waals surface area contributed by atoms with Crippen LogP contribution in [0.4, 0.5) is 11.4 Å². The molecule has 7 nitrogen and oxygen atoms in total. The first-order valence-electron chi connectivity index (χ1n) is 9.73. The minimum Gasteiger partial charge on any atom is -0.369 e. The fourth-order valence-corrected chi connectivity index (χ4v) is 4.53. The highest BCUT2D eigenvalue weighted by atomic mass is 79.9. The lowest BCUT2D eigenvalue weighted by Crippen LogP contribution is -2.21. The van der Waals surface area contributed by atoms with Gasteiger partial charge in [-0.1, -0.05) is 6.07 Å². The van der Waals surface area contributed by atoms with Crippen LogP contribution < -0.4 is 10.2 Å². The second kappa shape index (κ2) is 7.87. The van der Waals surface area contributed by atoms with Crippen LogP contribution in [0, 0.1) is 0 Å². The number of hydrogen-bond donors (Lipinski definition) is 2. The van der Waals surface area contributed by atoms with Gasteiger partial charge in [-0.05, 0) is 46.6 Å². The average Bonchev–Trinajstić information content (AvgIpc) is 3.43. The third kappa shape index (κ3) is 3.43. The Hall–Kier alpha value is -3.26. The van der Waals surface area contributed by atoms with Crippen LogP contribution in [0.2, 0.25) is 0 Å². The zero-order chi connectivity index (χ0) is 20.5. The zero-order valence-electron chi connectivity index (χ0n) is 16.0. The Balaban J connectivity index is 1.49. The van der Waals surface area contributed by atoms with Gasteiger partial charge in [0.15, 0.2) is 0 Å². The number of carbonyl (C=O) groups excluding carboxylic acids is 1. The van der Waals surface area contributed by atoms with Crippen molar-refractivity contribution in [2.24, 2.45) is 0 Å². The second-order valence-corrected chi connectivity index (χ2v) is 8.12. The average molecular weight is 463 g/mol. The van der Waals surface area contributed by atoms with Gasteiger partial charge in [0, 0.05) is 55.7 Å². The summed E-state index contributed by atoms with van der Waals surface area (Å²) in [6, 6.07) is 9.54. The second-order valence-electron chi connectivity index (χ2n) is 7.26. The molecule has 0 radical (unpaired) electrons. The van der Waals surface area contributed by atoms with Crippen molar-refractivity contribution in [2.45, 2.75) is 12.3 Å². The van der Waals surface area contributed by atoms with E-state index in [1.807, 2.05) is 18.3 Å². The van der Waals surface area contributed by atoms with Gasteiger partial charge in [-0.25, -0.2) is 4.98 Å². The summed E-state index contributed by atoms with van der Waals surface area (Å²) in [5, 5.41) is 3.90. The monoisotopic (exact) mass is 462 g/mol. The molecule has 4 aromatic heterocycles. The van der Waals surface area contributed by atoms with Gasteiger partial charge in [-0.15, -0.1) is 0 Å². The minimum atomic E-state index is -0.206. The van der Waals surface area contributed by atoms with E-state index in [4.69, 9.17) is 0 Å². The normalized spacial score (nSPS) is 16.2. The molecule has 8 heteroatoms. The molecule has 1 atom stereocenters. The van der Waals surface area contributed by atoms with Crippen LogP contribution in [-0.4, -0.2) is 38.9 Å². The number of aromatic amines is 1. The Bertz CT molecular complexity index is 1190. The SMILES string of the molecule is O=C(Nc1c[nH]c2ncc(Br)c(N3CCC(c4ccccn4)C3)c12)c1cccnc1. The van der Waals surface area contributed by atoms with Crippen molar-refractivity contribution < 1.29 is 4.79 Å². The number of fused-ring (bicyclic) bond motifs is 1. The highest BCUT2D eigenvalue weighted by molar-refractivity contribution is 9.10. The lowest BCUT2D eigenvalue weighted by molar-refractivity contribution is 0.102. The summed E-state index contributed by atoms with van der Waals surface area (Å²) in [6.45, 7) is 1.76. The predicted molar refractivity (Wildman–Crippen MR) is 120 cm³/mol. The third-order valence-electron chi connectivity index (χ3n) is 5.41. The smallest absolute Gasteiger partial charge is 0.257 e. The van der Waals surface area contributed by atoms with Gasteiger partial charge in [0.2, 0.25) is 0 Å². The van der Waals surface area contributed by atoms with E-state index in [2.05, 4.69) is 52.1 Å². The van der Waals surface area contributed by atoms with E-state index >= 15 is 0 Å². The lowest BCUT2D eigenvalue weighted by Gasteiger charge is -2.22. The number of H-pyrrole nitrogens is 1. The van der Waals surface area contributed by atoms with Crippen LogP contribution in [0.1, 0.15) is 28.4 Å². The molecule has 1 amide bonds. The van der Waals surface area contributed by atoms with Crippen LogP contribution in [0.25, 0.3) is 11.0 Å². The van der Waals surface area contributed by atoms with Gasteiger partial charge in [0.05, 0.1) is 26.8 Å². The Labute approximate surface area is 181 Å². The summed E-state index contributed by atoms with van der Waals surface area (Å²) < 4.78 is 0.896. The molecule has 1 unspecified atom stereocenters. The highest BCUT2D eigenvalue weighted by Crippen LogP contribution is 2.41. The highest BCUT2D eigenvalue weighted by Gasteiger charge is 2.28. The number of hydrogen-bond acceptors (Lipinski definition) is 5. The maximum absolute atomic E-state index is 12.7. The van der Waals surface area contributed by atoms with Gasteiger partial charge in [-0.3, -0.25) is 14.8 Å². The largest absolute Gasteiger partial charge is 0.369 e. The molecule has 2 N–H and O–H groups in total. The van der Waals surface area contributed by atoms with Gasteiger partial charge >= 0.3 is 0 Å².